The van der Waals surface area contributed by atoms with Crippen molar-refractivity contribution in [3.05, 3.63) is 70.3 Å². The molecule has 1 amide bonds. The van der Waals surface area contributed by atoms with Crippen LogP contribution in [0.5, 0.6) is 0 Å². The summed E-state index contributed by atoms with van der Waals surface area (Å²) in [5, 5.41) is 0.0569. The molecular weight excluding hydrogens is 494 g/mol. The smallest absolute Gasteiger partial charge is 0.333 e. The molecule has 0 radical (unpaired) electrons. The van der Waals surface area contributed by atoms with Crippen LogP contribution in [0.4, 0.5) is 0 Å². The van der Waals surface area contributed by atoms with Gasteiger partial charge in [0.25, 0.3) is 5.17 Å². The number of nitrogens with zero attached hydrogens (tertiary/aromatic N) is 1. The van der Waals surface area contributed by atoms with Crippen molar-refractivity contribution >= 4 is 29.3 Å². The monoisotopic (exact) mass is 533 g/mol. The lowest BCUT2D eigenvalue weighted by Crippen LogP contribution is -2.51. The number of esters is 1. The van der Waals surface area contributed by atoms with Crippen molar-refractivity contribution in [2.24, 2.45) is 5.92 Å². The van der Waals surface area contributed by atoms with Gasteiger partial charge in [-0.1, -0.05) is 77.1 Å². The lowest BCUT2D eigenvalue weighted by molar-refractivity contribution is -0.155. The summed E-state index contributed by atoms with van der Waals surface area (Å²) in [7, 11) is 0. The molecule has 1 saturated carbocycles. The highest BCUT2D eigenvalue weighted by atomic mass is 32.1. The fourth-order valence-electron chi connectivity index (χ4n) is 6.32. The van der Waals surface area contributed by atoms with E-state index in [-0.39, 0.29) is 40.4 Å². The minimum Gasteiger partial charge on any atom is -0.464 e. The predicted molar refractivity (Wildman–Crippen MR) is 152 cm³/mol. The lowest BCUT2D eigenvalue weighted by Gasteiger charge is -2.34. The number of rotatable bonds is 5. The number of fused-ring (bicyclic) bond motifs is 1. The minimum absolute atomic E-state index is 0.00661. The Bertz CT molecular complexity index is 1290. The molecule has 2 aromatic carbocycles. The summed E-state index contributed by atoms with van der Waals surface area (Å²) in [6, 6.07) is 13.6. The van der Waals surface area contributed by atoms with Crippen molar-refractivity contribution in [2.45, 2.75) is 96.1 Å². The highest BCUT2D eigenvalue weighted by Crippen LogP contribution is 2.52. The molecule has 2 fully saturated rings. The number of carbonyl (C=O) groups excluding carboxylic acids is 2. The van der Waals surface area contributed by atoms with Gasteiger partial charge in [-0.2, -0.15) is 0 Å². The van der Waals surface area contributed by atoms with Gasteiger partial charge in [-0.15, -0.1) is 0 Å². The molecule has 4 atom stereocenters. The Kier molecular flexibility index (Phi) is 6.49. The van der Waals surface area contributed by atoms with Gasteiger partial charge >= 0.3 is 5.97 Å². The highest BCUT2D eigenvalue weighted by Gasteiger charge is 2.61. The maximum Gasteiger partial charge on any atom is 0.333 e. The number of benzene rings is 2. The summed E-state index contributed by atoms with van der Waals surface area (Å²) in [5.74, 6) is -0.749. The number of carbonyl (C=O) groups is 2. The summed E-state index contributed by atoms with van der Waals surface area (Å²) in [6.45, 7) is 15.0. The summed E-state index contributed by atoms with van der Waals surface area (Å²) in [4.78, 5) is 29.0. The number of hydrogen-bond donors (Lipinski definition) is 0. The SMILES string of the molecule is CCOC(=O)C1N(C(=O)C2CC2c2ccccc2)C(=S)OC1(C)c1cc(C(C)(C)C)cc2c1CCC2(C)C. The van der Waals surface area contributed by atoms with Crippen LogP contribution in [0.15, 0.2) is 42.5 Å². The van der Waals surface area contributed by atoms with Crippen LogP contribution < -0.4 is 0 Å². The average Bonchev–Trinajstić information content (AvgIpc) is 3.53. The van der Waals surface area contributed by atoms with Gasteiger partial charge in [-0.3, -0.25) is 9.69 Å². The van der Waals surface area contributed by atoms with E-state index in [2.05, 4.69) is 46.8 Å². The van der Waals surface area contributed by atoms with E-state index in [1.165, 1.54) is 21.6 Å². The van der Waals surface area contributed by atoms with Gasteiger partial charge < -0.3 is 9.47 Å². The second-order valence-corrected chi connectivity index (χ2v) is 13.2. The van der Waals surface area contributed by atoms with Crippen LogP contribution in [0.3, 0.4) is 0 Å². The van der Waals surface area contributed by atoms with Gasteiger partial charge in [0.1, 0.15) is 0 Å². The van der Waals surface area contributed by atoms with Gasteiger partial charge in [0.15, 0.2) is 11.6 Å². The van der Waals surface area contributed by atoms with Gasteiger partial charge in [0, 0.05) is 11.5 Å². The van der Waals surface area contributed by atoms with Crippen molar-refractivity contribution < 1.29 is 19.1 Å². The predicted octanol–water partition coefficient (Wildman–Crippen LogP) is 6.30. The Morgan fingerprint density at radius 2 is 1.76 bits per heavy atom. The number of hydrogen-bond acceptors (Lipinski definition) is 5. The molecule has 1 saturated heterocycles. The Morgan fingerprint density at radius 3 is 2.39 bits per heavy atom. The molecule has 2 aliphatic carbocycles. The summed E-state index contributed by atoms with van der Waals surface area (Å²) in [6.07, 6.45) is 2.63. The molecule has 38 heavy (non-hydrogen) atoms. The quantitative estimate of drug-likeness (QED) is 0.333. The van der Waals surface area contributed by atoms with Gasteiger partial charge in [-0.05, 0) is 84.3 Å². The van der Waals surface area contributed by atoms with E-state index in [9.17, 15) is 9.59 Å². The Balaban J connectivity index is 1.60. The first kappa shape index (κ1) is 26.9. The molecule has 0 bridgehead atoms. The third-order valence-corrected chi connectivity index (χ3v) is 9.02. The molecule has 0 aromatic heterocycles. The fourth-order valence-corrected chi connectivity index (χ4v) is 6.69. The number of thiocarbonyl (C=S) groups is 1. The van der Waals surface area contributed by atoms with E-state index in [4.69, 9.17) is 21.7 Å². The fraction of sp³-hybridized carbons (Fsp3) is 0.531. The van der Waals surface area contributed by atoms with Gasteiger partial charge in [0.05, 0.1) is 6.61 Å². The zero-order chi connectivity index (χ0) is 27.6. The molecule has 2 aromatic rings. The largest absolute Gasteiger partial charge is 0.464 e. The third-order valence-electron chi connectivity index (χ3n) is 8.74. The van der Waals surface area contributed by atoms with E-state index < -0.39 is 17.6 Å². The second kappa shape index (κ2) is 9.18. The van der Waals surface area contributed by atoms with Crippen LogP contribution in [0.2, 0.25) is 0 Å². The first-order chi connectivity index (χ1) is 17.8. The molecule has 4 unspecified atom stereocenters. The summed E-state index contributed by atoms with van der Waals surface area (Å²) < 4.78 is 12.0. The standard InChI is InChI=1S/C32H39NO4S/c1-8-36-28(35)26-32(7,25-17-20(30(2,3)4)16-24-21(25)14-15-31(24,5)6)37-29(38)33(26)27(34)23-18-22(23)19-12-10-9-11-13-19/h9-13,16-17,22-23,26H,8,14-15,18H2,1-7H3. The van der Waals surface area contributed by atoms with E-state index in [1.54, 1.807) is 6.92 Å². The van der Waals surface area contributed by atoms with Gasteiger partial charge in [0.2, 0.25) is 5.91 Å². The van der Waals surface area contributed by atoms with Gasteiger partial charge in [-0.25, -0.2) is 4.79 Å². The van der Waals surface area contributed by atoms with E-state index in [0.29, 0.717) is 0 Å². The van der Waals surface area contributed by atoms with E-state index >= 15 is 0 Å². The van der Waals surface area contributed by atoms with Crippen molar-refractivity contribution in [3.8, 4) is 0 Å². The maximum absolute atomic E-state index is 14.0. The molecule has 0 N–H and O–H groups in total. The van der Waals surface area contributed by atoms with Crippen LogP contribution >= 0.6 is 12.2 Å². The molecule has 5 nitrogen and oxygen atoms in total. The molecule has 202 valence electrons. The Hall–Kier alpha value is -2.73. The molecular formula is C32H39NO4S. The zero-order valence-corrected chi connectivity index (χ0v) is 24.4. The normalized spacial score (nSPS) is 27.6. The lowest BCUT2D eigenvalue weighted by atomic mass is 9.76. The third kappa shape index (κ3) is 4.35. The van der Waals surface area contributed by atoms with E-state index in [1.807, 2.05) is 37.3 Å². The topological polar surface area (TPSA) is 55.8 Å². The van der Waals surface area contributed by atoms with Crippen molar-refractivity contribution in [1.82, 2.24) is 4.90 Å². The zero-order valence-electron chi connectivity index (χ0n) is 23.6. The van der Waals surface area contributed by atoms with Crippen LogP contribution in [-0.2, 0) is 41.9 Å². The Labute approximate surface area is 231 Å². The first-order valence-corrected chi connectivity index (χ1v) is 14.2. The van der Waals surface area contributed by atoms with Crippen molar-refractivity contribution in [1.29, 1.82) is 0 Å². The molecule has 5 rings (SSSR count). The summed E-state index contributed by atoms with van der Waals surface area (Å²) >= 11 is 5.70. The van der Waals surface area contributed by atoms with Crippen LogP contribution in [0, 0.1) is 5.92 Å². The number of ether oxygens (including phenoxy) is 2. The van der Waals surface area contributed by atoms with Crippen molar-refractivity contribution in [3.63, 3.8) is 0 Å². The molecule has 6 heteroatoms. The molecule has 3 aliphatic rings. The van der Waals surface area contributed by atoms with Crippen LogP contribution in [-0.4, -0.2) is 34.6 Å². The Morgan fingerprint density at radius 1 is 1.11 bits per heavy atom. The molecule has 1 heterocycles. The van der Waals surface area contributed by atoms with E-state index in [0.717, 1.165) is 30.4 Å². The molecule has 0 spiro atoms. The highest BCUT2D eigenvalue weighted by molar-refractivity contribution is 7.80. The average molecular weight is 534 g/mol. The molecule has 1 aliphatic heterocycles. The van der Waals surface area contributed by atoms with Crippen LogP contribution in [0.25, 0.3) is 0 Å². The minimum atomic E-state index is -1.15. The summed E-state index contributed by atoms with van der Waals surface area (Å²) in [5.41, 5.74) is 4.48. The van der Waals surface area contributed by atoms with Crippen LogP contribution in [0.1, 0.15) is 95.0 Å². The van der Waals surface area contributed by atoms with Crippen molar-refractivity contribution in [2.75, 3.05) is 6.61 Å². The second-order valence-electron chi connectivity index (χ2n) is 12.9. The maximum atomic E-state index is 14.0. The first-order valence-electron chi connectivity index (χ1n) is 13.8. The number of amides is 1.